The summed E-state index contributed by atoms with van der Waals surface area (Å²) in [6, 6.07) is 0.224. The van der Waals surface area contributed by atoms with Gasteiger partial charge in [0.2, 0.25) is 0 Å². The maximum absolute atomic E-state index is 9.78. The van der Waals surface area contributed by atoms with Gasteiger partial charge >= 0.3 is 0 Å². The lowest BCUT2D eigenvalue weighted by Crippen LogP contribution is -2.42. The molecule has 0 radical (unpaired) electrons. The number of aromatic nitrogens is 2. The van der Waals surface area contributed by atoms with E-state index in [1.807, 2.05) is 4.68 Å². The van der Waals surface area contributed by atoms with Crippen LogP contribution < -0.4 is 5.32 Å². The largest absolute Gasteiger partial charge is 0.396 e. The molecule has 0 spiro atoms. The number of rotatable bonds is 5. The van der Waals surface area contributed by atoms with Crippen LogP contribution >= 0.6 is 0 Å². The van der Waals surface area contributed by atoms with Crippen LogP contribution in [0.3, 0.4) is 0 Å². The third kappa shape index (κ3) is 3.89. The molecular weight excluding hydrogens is 278 g/mol. The number of aliphatic hydroxyl groups excluding tert-OH is 1. The number of nitrogens with zero attached hydrogens (tertiary/aromatic N) is 2. The molecule has 0 aromatic carbocycles. The Morgan fingerprint density at radius 3 is 2.55 bits per heavy atom. The molecule has 1 fully saturated rings. The van der Waals surface area contributed by atoms with E-state index in [2.05, 4.69) is 51.2 Å². The van der Waals surface area contributed by atoms with Crippen molar-refractivity contribution in [2.45, 2.75) is 59.0 Å². The molecule has 1 atom stereocenters. The van der Waals surface area contributed by atoms with E-state index in [0.29, 0.717) is 0 Å². The zero-order valence-electron chi connectivity index (χ0n) is 14.6. The minimum atomic E-state index is -0.0412. The molecule has 0 amide bonds. The Labute approximate surface area is 134 Å². The first-order chi connectivity index (χ1) is 10.3. The van der Waals surface area contributed by atoms with E-state index >= 15 is 0 Å². The molecule has 5 nitrogen and oxygen atoms in total. The number of hydrogen-bond donors (Lipinski definition) is 2. The van der Waals surface area contributed by atoms with Gasteiger partial charge in [-0.05, 0) is 47.5 Å². The van der Waals surface area contributed by atoms with Gasteiger partial charge in [0, 0.05) is 43.0 Å². The van der Waals surface area contributed by atoms with Gasteiger partial charge in [0.05, 0.1) is 17.8 Å². The lowest BCUT2D eigenvalue weighted by atomic mass is 9.80. The highest BCUT2D eigenvalue weighted by atomic mass is 16.5. The monoisotopic (exact) mass is 309 g/mol. The number of aryl methyl sites for hydroxylation is 1. The average Bonchev–Trinajstić information content (AvgIpc) is 2.88. The Kier molecular flexibility index (Phi) is 5.30. The third-order valence-electron chi connectivity index (χ3n) is 4.76. The van der Waals surface area contributed by atoms with Gasteiger partial charge in [0.1, 0.15) is 0 Å². The zero-order chi connectivity index (χ0) is 16.4. The summed E-state index contributed by atoms with van der Waals surface area (Å²) >= 11 is 0. The van der Waals surface area contributed by atoms with Gasteiger partial charge in [0.25, 0.3) is 0 Å². The zero-order valence-corrected chi connectivity index (χ0v) is 14.6. The number of ether oxygens (including phenoxy) is 1. The van der Waals surface area contributed by atoms with Crippen molar-refractivity contribution in [3.8, 4) is 0 Å². The molecule has 126 valence electrons. The van der Waals surface area contributed by atoms with Crippen LogP contribution in [0, 0.1) is 12.3 Å². The second-order valence-electron chi connectivity index (χ2n) is 7.66. The van der Waals surface area contributed by atoms with Crippen molar-refractivity contribution in [3.05, 3.63) is 17.5 Å². The lowest BCUT2D eigenvalue weighted by Gasteiger charge is -2.36. The second-order valence-corrected chi connectivity index (χ2v) is 7.66. The molecule has 1 aliphatic heterocycles. The molecule has 1 aromatic heterocycles. The van der Waals surface area contributed by atoms with Crippen LogP contribution in [0.15, 0.2) is 6.20 Å². The molecule has 0 saturated carbocycles. The van der Waals surface area contributed by atoms with Crippen LogP contribution in [0.1, 0.15) is 57.8 Å². The van der Waals surface area contributed by atoms with Gasteiger partial charge in [-0.25, -0.2) is 0 Å². The quantitative estimate of drug-likeness (QED) is 0.877. The van der Waals surface area contributed by atoms with Crippen LogP contribution in [0.5, 0.6) is 0 Å². The predicted molar refractivity (Wildman–Crippen MR) is 87.9 cm³/mol. The summed E-state index contributed by atoms with van der Waals surface area (Å²) in [6.45, 7) is 13.2. The summed E-state index contributed by atoms with van der Waals surface area (Å²) in [4.78, 5) is 0. The summed E-state index contributed by atoms with van der Waals surface area (Å²) in [5.74, 6) is 0. The average molecular weight is 309 g/mol. The normalized spacial score (nSPS) is 20.1. The van der Waals surface area contributed by atoms with Crippen LogP contribution in [-0.2, 0) is 10.3 Å². The molecule has 0 bridgehead atoms. The first kappa shape index (κ1) is 17.4. The molecule has 2 rings (SSSR count). The maximum atomic E-state index is 9.78. The highest BCUT2D eigenvalue weighted by Crippen LogP contribution is 2.30. The van der Waals surface area contributed by atoms with E-state index in [0.717, 1.165) is 38.3 Å². The maximum Gasteiger partial charge on any atom is 0.0641 e. The topological polar surface area (TPSA) is 59.3 Å². The highest BCUT2D eigenvalue weighted by molar-refractivity contribution is 5.20. The Hall–Kier alpha value is -0.910. The van der Waals surface area contributed by atoms with Crippen LogP contribution in [-0.4, -0.2) is 41.3 Å². The van der Waals surface area contributed by atoms with Gasteiger partial charge < -0.3 is 15.2 Å². The summed E-state index contributed by atoms with van der Waals surface area (Å²) in [7, 11) is 0. The van der Waals surface area contributed by atoms with Crippen molar-refractivity contribution in [3.63, 3.8) is 0 Å². The van der Waals surface area contributed by atoms with Crippen molar-refractivity contribution in [1.29, 1.82) is 0 Å². The third-order valence-corrected chi connectivity index (χ3v) is 4.76. The molecule has 22 heavy (non-hydrogen) atoms. The van der Waals surface area contributed by atoms with Crippen LogP contribution in [0.2, 0.25) is 0 Å². The van der Waals surface area contributed by atoms with Crippen molar-refractivity contribution >= 4 is 0 Å². The first-order valence-corrected chi connectivity index (χ1v) is 8.26. The summed E-state index contributed by atoms with van der Waals surface area (Å²) in [5, 5.41) is 18.0. The molecule has 5 heteroatoms. The van der Waals surface area contributed by atoms with Gasteiger partial charge in [0.15, 0.2) is 0 Å². The minimum absolute atomic E-state index is 0.00421. The SMILES string of the molecule is Cc1nn(C(C)(C)C)cc1C(C)NCC1(CO)CCOCC1. The molecular formula is C17H31N3O2. The molecule has 1 aliphatic rings. The fraction of sp³-hybridized carbons (Fsp3) is 0.824. The van der Waals surface area contributed by atoms with E-state index < -0.39 is 0 Å². The van der Waals surface area contributed by atoms with E-state index in [1.165, 1.54) is 5.56 Å². The summed E-state index contributed by atoms with van der Waals surface area (Å²) in [6.07, 6.45) is 3.98. The highest BCUT2D eigenvalue weighted by Gasteiger charge is 2.32. The van der Waals surface area contributed by atoms with Crippen LogP contribution in [0.25, 0.3) is 0 Å². The minimum Gasteiger partial charge on any atom is -0.396 e. The van der Waals surface area contributed by atoms with Crippen molar-refractivity contribution < 1.29 is 9.84 Å². The van der Waals surface area contributed by atoms with E-state index in [9.17, 15) is 5.11 Å². The van der Waals surface area contributed by atoms with E-state index in [1.54, 1.807) is 0 Å². The molecule has 1 saturated heterocycles. The Morgan fingerprint density at radius 2 is 2.05 bits per heavy atom. The Morgan fingerprint density at radius 1 is 1.41 bits per heavy atom. The molecule has 0 aliphatic carbocycles. The van der Waals surface area contributed by atoms with Gasteiger partial charge in [-0.15, -0.1) is 0 Å². The van der Waals surface area contributed by atoms with Gasteiger partial charge in [-0.2, -0.15) is 5.10 Å². The molecule has 1 unspecified atom stereocenters. The van der Waals surface area contributed by atoms with Crippen molar-refractivity contribution in [2.24, 2.45) is 5.41 Å². The Bertz CT molecular complexity index is 485. The lowest BCUT2D eigenvalue weighted by molar-refractivity contribution is -0.0163. The van der Waals surface area contributed by atoms with E-state index in [4.69, 9.17) is 4.74 Å². The smallest absolute Gasteiger partial charge is 0.0641 e. The standard InChI is InChI=1S/C17H31N3O2/c1-13(15-10-20(16(3,4)5)19-14(15)2)18-11-17(12-21)6-8-22-9-7-17/h10,13,18,21H,6-9,11-12H2,1-5H3. The second kappa shape index (κ2) is 6.69. The van der Waals surface area contributed by atoms with Crippen LogP contribution in [0.4, 0.5) is 0 Å². The molecule has 1 aromatic rings. The molecule has 2 heterocycles. The molecule has 2 N–H and O–H groups in total. The number of hydrogen-bond acceptors (Lipinski definition) is 4. The predicted octanol–water partition coefficient (Wildman–Crippen LogP) is 2.39. The fourth-order valence-electron chi connectivity index (χ4n) is 2.92. The first-order valence-electron chi connectivity index (χ1n) is 8.26. The summed E-state index contributed by atoms with van der Waals surface area (Å²) in [5.41, 5.74) is 2.26. The number of nitrogens with one attached hydrogen (secondary N) is 1. The summed E-state index contributed by atoms with van der Waals surface area (Å²) < 4.78 is 7.46. The fourth-order valence-corrected chi connectivity index (χ4v) is 2.92. The van der Waals surface area contributed by atoms with Crippen molar-refractivity contribution in [2.75, 3.05) is 26.4 Å². The van der Waals surface area contributed by atoms with Gasteiger partial charge in [-0.1, -0.05) is 0 Å². The van der Waals surface area contributed by atoms with Crippen molar-refractivity contribution in [1.82, 2.24) is 15.1 Å². The van der Waals surface area contributed by atoms with Gasteiger partial charge in [-0.3, -0.25) is 4.68 Å². The number of aliphatic hydroxyl groups is 1. The van der Waals surface area contributed by atoms with E-state index in [-0.39, 0.29) is 23.6 Å². The Balaban J connectivity index is 2.03.